The Hall–Kier alpha value is -1.72. The van der Waals surface area contributed by atoms with E-state index in [0.29, 0.717) is 17.0 Å². The fourth-order valence-corrected chi connectivity index (χ4v) is 4.22. The van der Waals surface area contributed by atoms with Crippen LogP contribution in [-0.2, 0) is 9.47 Å². The molecule has 1 saturated heterocycles. The number of fused-ring (bicyclic) bond motifs is 2. The van der Waals surface area contributed by atoms with Crippen LogP contribution in [0.1, 0.15) is 54.3 Å². The Morgan fingerprint density at radius 1 is 1.09 bits per heavy atom. The van der Waals surface area contributed by atoms with Crippen LogP contribution in [0.2, 0.25) is 0 Å². The monoisotopic (exact) mass is 315 g/mol. The Bertz CT molecular complexity index is 648. The molecule has 1 aromatic carbocycles. The molecule has 0 bridgehead atoms. The third-order valence-corrected chi connectivity index (χ3v) is 5.23. The number of rotatable bonds is 2. The molecule has 1 saturated carbocycles. The lowest BCUT2D eigenvalue weighted by Crippen LogP contribution is -2.46. The topological polar surface area (TPSA) is 55.8 Å². The van der Waals surface area contributed by atoms with Crippen molar-refractivity contribution in [3.63, 3.8) is 0 Å². The van der Waals surface area contributed by atoms with Crippen molar-refractivity contribution in [1.82, 2.24) is 4.90 Å². The normalized spacial score (nSPS) is 34.8. The van der Waals surface area contributed by atoms with Crippen LogP contribution in [0.25, 0.3) is 0 Å². The van der Waals surface area contributed by atoms with Gasteiger partial charge in [0.2, 0.25) is 0 Å². The molecular formula is C18H21NO4. The van der Waals surface area contributed by atoms with E-state index in [1.807, 2.05) is 13.8 Å². The Morgan fingerprint density at radius 3 is 2.22 bits per heavy atom. The van der Waals surface area contributed by atoms with Crippen molar-refractivity contribution in [2.75, 3.05) is 0 Å². The summed E-state index contributed by atoms with van der Waals surface area (Å²) in [4.78, 5) is 26.9. The van der Waals surface area contributed by atoms with Crippen LogP contribution in [0.15, 0.2) is 24.3 Å². The van der Waals surface area contributed by atoms with E-state index in [1.165, 1.54) is 4.90 Å². The Morgan fingerprint density at radius 2 is 1.65 bits per heavy atom. The predicted molar refractivity (Wildman–Crippen MR) is 83.0 cm³/mol. The number of amides is 2. The van der Waals surface area contributed by atoms with Gasteiger partial charge in [0.25, 0.3) is 11.8 Å². The first-order chi connectivity index (χ1) is 10.9. The Kier molecular flexibility index (Phi) is 3.15. The zero-order chi connectivity index (χ0) is 16.4. The van der Waals surface area contributed by atoms with Crippen molar-refractivity contribution in [3.05, 3.63) is 35.4 Å². The molecule has 3 aliphatic rings. The average molecular weight is 315 g/mol. The standard InChI is InChI=1S/C18H21NO4/c1-4-10-9-13(15-14(10)22-18(2,3)23-15)19-16(20)11-7-5-6-8-12(11)17(19)21/h5-8,10,13-15H,4,9H2,1-3H3. The van der Waals surface area contributed by atoms with Crippen LogP contribution >= 0.6 is 0 Å². The lowest BCUT2D eigenvalue weighted by Gasteiger charge is -2.28. The molecule has 0 N–H and O–H groups in total. The van der Waals surface area contributed by atoms with Crippen LogP contribution in [0.4, 0.5) is 0 Å². The molecule has 23 heavy (non-hydrogen) atoms. The highest BCUT2D eigenvalue weighted by atomic mass is 16.8. The number of nitrogens with zero attached hydrogens (tertiary/aromatic N) is 1. The minimum absolute atomic E-state index is 0.0516. The zero-order valence-corrected chi connectivity index (χ0v) is 13.6. The van der Waals surface area contributed by atoms with E-state index in [-0.39, 0.29) is 30.1 Å². The number of hydrogen-bond acceptors (Lipinski definition) is 4. The molecule has 0 spiro atoms. The van der Waals surface area contributed by atoms with Gasteiger partial charge in [-0.2, -0.15) is 0 Å². The van der Waals surface area contributed by atoms with Crippen molar-refractivity contribution in [1.29, 1.82) is 0 Å². The summed E-state index contributed by atoms with van der Waals surface area (Å²) in [6.07, 6.45) is 1.40. The molecule has 4 atom stereocenters. The van der Waals surface area contributed by atoms with Crippen molar-refractivity contribution in [2.24, 2.45) is 5.92 Å². The SMILES string of the molecule is CCC1CC(N2C(=O)c3ccccc3C2=O)C2OC(C)(C)OC12. The molecule has 5 heteroatoms. The minimum Gasteiger partial charge on any atom is -0.344 e. The van der Waals surface area contributed by atoms with Crippen molar-refractivity contribution >= 4 is 11.8 Å². The van der Waals surface area contributed by atoms with E-state index in [0.717, 1.165) is 12.8 Å². The lowest BCUT2D eigenvalue weighted by atomic mass is 10.0. The van der Waals surface area contributed by atoms with E-state index >= 15 is 0 Å². The highest BCUT2D eigenvalue weighted by molar-refractivity contribution is 6.21. The Labute approximate surface area is 135 Å². The summed E-state index contributed by atoms with van der Waals surface area (Å²) in [5, 5.41) is 0. The molecular weight excluding hydrogens is 294 g/mol. The molecule has 0 aromatic heterocycles. The quantitative estimate of drug-likeness (QED) is 0.787. The van der Waals surface area contributed by atoms with Gasteiger partial charge >= 0.3 is 0 Å². The summed E-state index contributed by atoms with van der Waals surface area (Å²) in [5.41, 5.74) is 0.986. The van der Waals surface area contributed by atoms with Gasteiger partial charge in [0.1, 0.15) is 6.10 Å². The van der Waals surface area contributed by atoms with Crippen LogP contribution in [-0.4, -0.2) is 40.8 Å². The van der Waals surface area contributed by atoms with E-state index < -0.39 is 5.79 Å². The van der Waals surface area contributed by atoms with Gasteiger partial charge in [-0.15, -0.1) is 0 Å². The van der Waals surface area contributed by atoms with Gasteiger partial charge in [-0.1, -0.05) is 25.5 Å². The average Bonchev–Trinajstić information content (AvgIpc) is 3.08. The molecule has 2 heterocycles. The fourth-order valence-electron chi connectivity index (χ4n) is 4.22. The van der Waals surface area contributed by atoms with Gasteiger partial charge in [-0.25, -0.2) is 0 Å². The number of benzene rings is 1. The summed E-state index contributed by atoms with van der Waals surface area (Å²) in [6, 6.07) is 6.76. The third-order valence-electron chi connectivity index (χ3n) is 5.23. The second kappa shape index (κ2) is 4.89. The first kappa shape index (κ1) is 14.8. The first-order valence-corrected chi connectivity index (χ1v) is 8.25. The van der Waals surface area contributed by atoms with Gasteiger partial charge in [0.05, 0.1) is 23.3 Å². The van der Waals surface area contributed by atoms with Crippen molar-refractivity contribution in [3.8, 4) is 0 Å². The van der Waals surface area contributed by atoms with Crippen molar-refractivity contribution < 1.29 is 19.1 Å². The molecule has 122 valence electrons. The highest BCUT2D eigenvalue weighted by Crippen LogP contribution is 2.46. The highest BCUT2D eigenvalue weighted by Gasteiger charge is 2.57. The third kappa shape index (κ3) is 2.07. The van der Waals surface area contributed by atoms with Crippen LogP contribution in [0.5, 0.6) is 0 Å². The first-order valence-electron chi connectivity index (χ1n) is 8.25. The number of ether oxygens (including phenoxy) is 2. The molecule has 5 nitrogen and oxygen atoms in total. The molecule has 4 rings (SSSR count). The van der Waals surface area contributed by atoms with Gasteiger partial charge in [0.15, 0.2) is 5.79 Å². The fraction of sp³-hybridized carbons (Fsp3) is 0.556. The molecule has 1 aliphatic carbocycles. The zero-order valence-electron chi connectivity index (χ0n) is 13.6. The van der Waals surface area contributed by atoms with Crippen LogP contribution < -0.4 is 0 Å². The summed E-state index contributed by atoms with van der Waals surface area (Å²) in [5.74, 6) is -0.782. The summed E-state index contributed by atoms with van der Waals surface area (Å²) < 4.78 is 12.1. The van der Waals surface area contributed by atoms with E-state index in [4.69, 9.17) is 9.47 Å². The lowest BCUT2D eigenvalue weighted by molar-refractivity contribution is -0.160. The van der Waals surface area contributed by atoms with Crippen molar-refractivity contribution in [2.45, 2.75) is 57.6 Å². The molecule has 2 amide bonds. The largest absolute Gasteiger partial charge is 0.344 e. The van der Waals surface area contributed by atoms with Gasteiger partial charge in [-0.05, 0) is 38.3 Å². The maximum Gasteiger partial charge on any atom is 0.261 e. The maximum absolute atomic E-state index is 12.7. The summed E-state index contributed by atoms with van der Waals surface area (Å²) in [7, 11) is 0. The molecule has 2 fully saturated rings. The second-order valence-electron chi connectivity index (χ2n) is 7.06. The molecule has 0 radical (unpaired) electrons. The van der Waals surface area contributed by atoms with Gasteiger partial charge < -0.3 is 9.47 Å². The minimum atomic E-state index is -0.667. The second-order valence-corrected chi connectivity index (χ2v) is 7.06. The number of imide groups is 1. The smallest absolute Gasteiger partial charge is 0.261 e. The maximum atomic E-state index is 12.7. The number of hydrogen-bond donors (Lipinski definition) is 0. The predicted octanol–water partition coefficient (Wildman–Crippen LogP) is 2.60. The molecule has 2 aliphatic heterocycles. The van der Waals surface area contributed by atoms with Gasteiger partial charge in [0, 0.05) is 0 Å². The Balaban J connectivity index is 1.69. The summed E-state index contributed by atoms with van der Waals surface area (Å²) in [6.45, 7) is 5.89. The molecule has 4 unspecified atom stereocenters. The summed E-state index contributed by atoms with van der Waals surface area (Å²) >= 11 is 0. The number of carbonyl (C=O) groups excluding carboxylic acids is 2. The van der Waals surface area contributed by atoms with Gasteiger partial charge in [-0.3, -0.25) is 14.5 Å². The van der Waals surface area contributed by atoms with E-state index in [1.54, 1.807) is 24.3 Å². The van der Waals surface area contributed by atoms with E-state index in [2.05, 4.69) is 6.92 Å². The van der Waals surface area contributed by atoms with Crippen LogP contribution in [0, 0.1) is 5.92 Å². The number of carbonyl (C=O) groups is 2. The molecule has 1 aromatic rings. The van der Waals surface area contributed by atoms with Crippen LogP contribution in [0.3, 0.4) is 0 Å². The van der Waals surface area contributed by atoms with E-state index in [9.17, 15) is 9.59 Å².